The lowest BCUT2D eigenvalue weighted by Crippen LogP contribution is -2.48. The Balaban J connectivity index is 0.00000392. The molecule has 8 nitrogen and oxygen atoms in total. The van der Waals surface area contributed by atoms with Gasteiger partial charge in [0.15, 0.2) is 5.96 Å². The fourth-order valence-corrected chi connectivity index (χ4v) is 2.72. The summed E-state index contributed by atoms with van der Waals surface area (Å²) in [6, 6.07) is 7.12. The number of amides is 2. The first-order chi connectivity index (χ1) is 13.0. The second-order valence-electron chi connectivity index (χ2n) is 6.08. The molecule has 1 aliphatic rings. The number of hydrogen-bond acceptors (Lipinski definition) is 4. The minimum absolute atomic E-state index is 0. The van der Waals surface area contributed by atoms with E-state index in [0.717, 1.165) is 12.8 Å². The number of piperidine rings is 1. The molecule has 9 heteroatoms. The highest BCUT2D eigenvalue weighted by Gasteiger charge is 2.23. The van der Waals surface area contributed by atoms with Crippen LogP contribution in [0.5, 0.6) is 0 Å². The molecule has 0 spiro atoms. The minimum atomic E-state index is -0.289. The number of carbonyl (C=O) groups excluding carboxylic acids is 2. The van der Waals surface area contributed by atoms with Crippen LogP contribution in [-0.4, -0.2) is 55.1 Å². The number of benzene rings is 1. The van der Waals surface area contributed by atoms with Crippen LogP contribution in [0, 0.1) is 12.3 Å². The molecular formula is C19H26IN5O3. The molecule has 0 saturated carbocycles. The van der Waals surface area contributed by atoms with Crippen LogP contribution in [0.1, 0.15) is 25.3 Å². The van der Waals surface area contributed by atoms with Crippen molar-refractivity contribution in [1.29, 1.82) is 0 Å². The summed E-state index contributed by atoms with van der Waals surface area (Å²) in [5.41, 5.74) is 7.16. The lowest BCUT2D eigenvalue weighted by Gasteiger charge is -2.31. The van der Waals surface area contributed by atoms with Gasteiger partial charge in [-0.05, 0) is 38.0 Å². The molecule has 0 atom stereocenters. The molecule has 1 aromatic rings. The van der Waals surface area contributed by atoms with Gasteiger partial charge in [-0.2, -0.15) is 0 Å². The third-order valence-electron chi connectivity index (χ3n) is 4.08. The van der Waals surface area contributed by atoms with Crippen molar-refractivity contribution in [2.24, 2.45) is 10.7 Å². The van der Waals surface area contributed by atoms with E-state index in [9.17, 15) is 9.59 Å². The number of rotatable bonds is 5. The zero-order valence-corrected chi connectivity index (χ0v) is 18.1. The Bertz CT molecular complexity index is 739. The Morgan fingerprint density at radius 2 is 2.11 bits per heavy atom. The van der Waals surface area contributed by atoms with Gasteiger partial charge in [-0.3, -0.25) is 4.79 Å². The quantitative estimate of drug-likeness (QED) is 0.248. The van der Waals surface area contributed by atoms with Crippen molar-refractivity contribution in [3.63, 3.8) is 0 Å². The van der Waals surface area contributed by atoms with Gasteiger partial charge in [-0.1, -0.05) is 12.0 Å². The summed E-state index contributed by atoms with van der Waals surface area (Å²) in [6.45, 7) is 3.24. The Morgan fingerprint density at radius 3 is 2.75 bits per heavy atom. The van der Waals surface area contributed by atoms with Crippen LogP contribution < -0.4 is 16.4 Å². The number of aliphatic imine (C=N–C) groups is 1. The number of hydrogen-bond donors (Lipinski definition) is 3. The van der Waals surface area contributed by atoms with Crippen molar-refractivity contribution in [3.8, 4) is 12.3 Å². The molecule has 2 rings (SSSR count). The predicted octanol–water partition coefficient (Wildman–Crippen LogP) is 1.75. The van der Waals surface area contributed by atoms with E-state index in [-0.39, 0.29) is 54.5 Å². The van der Waals surface area contributed by atoms with Crippen LogP contribution in [0.4, 0.5) is 10.5 Å². The Kier molecular flexibility index (Phi) is 10.2. The lowest BCUT2D eigenvalue weighted by molar-refractivity contribution is -0.114. The van der Waals surface area contributed by atoms with E-state index in [4.69, 9.17) is 16.9 Å². The first-order valence-corrected chi connectivity index (χ1v) is 8.86. The molecule has 1 fully saturated rings. The van der Waals surface area contributed by atoms with Crippen molar-refractivity contribution in [3.05, 3.63) is 29.8 Å². The van der Waals surface area contributed by atoms with E-state index in [1.54, 1.807) is 36.1 Å². The van der Waals surface area contributed by atoms with Gasteiger partial charge in [0.05, 0.1) is 6.61 Å². The maximum Gasteiger partial charge on any atom is 0.409 e. The fraction of sp³-hybridized carbons (Fsp3) is 0.421. The average molecular weight is 499 g/mol. The molecule has 1 saturated heterocycles. The number of carbonyl (C=O) groups is 2. The molecule has 2 amide bonds. The molecule has 0 aromatic heterocycles. The van der Waals surface area contributed by atoms with E-state index in [0.29, 0.717) is 30.9 Å². The highest BCUT2D eigenvalue weighted by molar-refractivity contribution is 14.0. The molecule has 1 heterocycles. The summed E-state index contributed by atoms with van der Waals surface area (Å²) in [6.07, 6.45) is 6.52. The molecule has 152 valence electrons. The monoisotopic (exact) mass is 499 g/mol. The summed E-state index contributed by atoms with van der Waals surface area (Å²) in [5.74, 6) is 2.43. The predicted molar refractivity (Wildman–Crippen MR) is 120 cm³/mol. The molecule has 0 aliphatic carbocycles. The number of anilines is 1. The molecular weight excluding hydrogens is 473 g/mol. The van der Waals surface area contributed by atoms with E-state index in [1.165, 1.54) is 0 Å². The second kappa shape index (κ2) is 12.1. The zero-order valence-electron chi connectivity index (χ0n) is 15.8. The molecule has 0 radical (unpaired) electrons. The van der Waals surface area contributed by atoms with Crippen molar-refractivity contribution in [2.75, 3.05) is 31.6 Å². The number of nitrogens with zero attached hydrogens (tertiary/aromatic N) is 2. The Morgan fingerprint density at radius 1 is 1.39 bits per heavy atom. The topological polar surface area (TPSA) is 109 Å². The van der Waals surface area contributed by atoms with Crippen molar-refractivity contribution in [2.45, 2.75) is 25.8 Å². The Labute approximate surface area is 182 Å². The van der Waals surface area contributed by atoms with Gasteiger partial charge in [0.2, 0.25) is 5.91 Å². The van der Waals surface area contributed by atoms with Crippen LogP contribution in [0.2, 0.25) is 0 Å². The zero-order chi connectivity index (χ0) is 19.6. The number of guanidine groups is 1. The van der Waals surface area contributed by atoms with Gasteiger partial charge >= 0.3 is 6.09 Å². The molecule has 0 bridgehead atoms. The highest BCUT2D eigenvalue weighted by atomic mass is 127. The van der Waals surface area contributed by atoms with Crippen molar-refractivity contribution in [1.82, 2.24) is 10.2 Å². The maximum absolute atomic E-state index is 12.0. The number of ether oxygens (including phenoxy) is 1. The summed E-state index contributed by atoms with van der Waals surface area (Å²) < 4.78 is 4.99. The van der Waals surface area contributed by atoms with Gasteiger partial charge in [-0.25, -0.2) is 9.79 Å². The fourth-order valence-electron chi connectivity index (χ4n) is 2.72. The van der Waals surface area contributed by atoms with Crippen molar-refractivity contribution >= 4 is 47.6 Å². The van der Waals surface area contributed by atoms with Crippen LogP contribution in [0.15, 0.2) is 29.3 Å². The van der Waals surface area contributed by atoms with E-state index < -0.39 is 0 Å². The minimum Gasteiger partial charge on any atom is -0.450 e. The molecule has 1 aliphatic heterocycles. The maximum atomic E-state index is 12.0. The summed E-state index contributed by atoms with van der Waals surface area (Å²) >= 11 is 0. The standard InChI is InChI=1S/C19H25N5O3.HI/c1-3-14-6-5-7-16(12-14)22-17(25)13-21-18(20)23-15-8-10-24(11-9-15)19(26)27-4-2;/h1,5-7,12,15H,4,8-11,13H2,2H3,(H,22,25)(H3,20,21,23);1H. The van der Waals surface area contributed by atoms with Gasteiger partial charge in [0, 0.05) is 30.4 Å². The highest BCUT2D eigenvalue weighted by Crippen LogP contribution is 2.11. The van der Waals surface area contributed by atoms with Crippen LogP contribution in [-0.2, 0) is 9.53 Å². The normalized spacial score (nSPS) is 14.4. The number of nitrogens with two attached hydrogens (primary N) is 1. The molecule has 0 unspecified atom stereocenters. The number of terminal acetylenes is 1. The molecule has 1 aromatic carbocycles. The van der Waals surface area contributed by atoms with Crippen LogP contribution in [0.3, 0.4) is 0 Å². The third kappa shape index (κ3) is 7.64. The SMILES string of the molecule is C#Cc1cccc(NC(=O)CN=C(N)NC2CCN(C(=O)OCC)CC2)c1.I. The first-order valence-electron chi connectivity index (χ1n) is 8.86. The van der Waals surface area contributed by atoms with Gasteiger partial charge in [0.1, 0.15) is 6.54 Å². The van der Waals surface area contributed by atoms with Crippen LogP contribution >= 0.6 is 24.0 Å². The molecule has 28 heavy (non-hydrogen) atoms. The van der Waals surface area contributed by atoms with Crippen LogP contribution in [0.25, 0.3) is 0 Å². The lowest BCUT2D eigenvalue weighted by atomic mass is 10.1. The van der Waals surface area contributed by atoms with E-state index in [1.807, 2.05) is 0 Å². The largest absolute Gasteiger partial charge is 0.450 e. The van der Waals surface area contributed by atoms with Gasteiger partial charge in [0.25, 0.3) is 0 Å². The van der Waals surface area contributed by atoms with Gasteiger partial charge in [-0.15, -0.1) is 30.4 Å². The summed E-state index contributed by atoms with van der Waals surface area (Å²) in [5, 5.41) is 5.81. The smallest absolute Gasteiger partial charge is 0.409 e. The number of nitrogens with one attached hydrogen (secondary N) is 2. The second-order valence-corrected chi connectivity index (χ2v) is 6.08. The first kappa shape index (κ1) is 23.6. The number of halogens is 1. The van der Waals surface area contributed by atoms with E-state index >= 15 is 0 Å². The van der Waals surface area contributed by atoms with Gasteiger partial charge < -0.3 is 26.0 Å². The third-order valence-corrected chi connectivity index (χ3v) is 4.08. The average Bonchev–Trinajstić information content (AvgIpc) is 2.67. The van der Waals surface area contributed by atoms with Crippen molar-refractivity contribution < 1.29 is 14.3 Å². The number of likely N-dealkylation sites (tertiary alicyclic amines) is 1. The van der Waals surface area contributed by atoms with E-state index in [2.05, 4.69) is 21.5 Å². The summed E-state index contributed by atoms with van der Waals surface area (Å²) in [7, 11) is 0. The Hall–Kier alpha value is -2.48. The molecule has 4 N–H and O–H groups in total. The summed E-state index contributed by atoms with van der Waals surface area (Å²) in [4.78, 5) is 29.4.